The van der Waals surface area contributed by atoms with Crippen LogP contribution in [0.2, 0.25) is 0 Å². The van der Waals surface area contributed by atoms with Crippen molar-refractivity contribution in [2.75, 3.05) is 6.26 Å². The van der Waals surface area contributed by atoms with Crippen LogP contribution in [0.4, 0.5) is 0 Å². The first kappa shape index (κ1) is 9.98. The summed E-state index contributed by atoms with van der Waals surface area (Å²) in [6.45, 7) is 0. The molecule has 0 fully saturated rings. The summed E-state index contributed by atoms with van der Waals surface area (Å²) in [5, 5.41) is 2.24. The minimum absolute atomic E-state index is 0.318. The molecule has 1 aromatic carbocycles. The van der Waals surface area contributed by atoms with Crippen LogP contribution in [0.1, 0.15) is 5.56 Å². The van der Waals surface area contributed by atoms with Crippen molar-refractivity contribution in [3.8, 4) is 0 Å². The van der Waals surface area contributed by atoms with Crippen LogP contribution in [0.25, 0.3) is 5.57 Å². The Morgan fingerprint density at radius 2 is 1.93 bits per heavy atom. The standard InChI is InChI=1S/C11H9NO2S/c1-15-9-5-3-2-4-7(9)8-6-10(13)12-11(8)14/h2-6H,1H3,(H,12,13,14). The van der Waals surface area contributed by atoms with Gasteiger partial charge in [-0.3, -0.25) is 14.9 Å². The van der Waals surface area contributed by atoms with Gasteiger partial charge in [0.2, 0.25) is 0 Å². The Balaban J connectivity index is 2.50. The zero-order chi connectivity index (χ0) is 10.8. The Morgan fingerprint density at radius 3 is 2.53 bits per heavy atom. The van der Waals surface area contributed by atoms with Gasteiger partial charge in [0, 0.05) is 16.5 Å². The molecule has 4 heteroatoms. The van der Waals surface area contributed by atoms with Crippen LogP contribution >= 0.6 is 11.8 Å². The molecule has 0 aromatic heterocycles. The second-order valence-electron chi connectivity index (χ2n) is 3.08. The molecule has 2 rings (SSSR count). The first-order valence-corrected chi connectivity index (χ1v) is 5.65. The zero-order valence-electron chi connectivity index (χ0n) is 8.11. The van der Waals surface area contributed by atoms with E-state index < -0.39 is 0 Å². The van der Waals surface area contributed by atoms with Gasteiger partial charge < -0.3 is 0 Å². The number of hydrogen-bond donors (Lipinski definition) is 1. The largest absolute Gasteiger partial charge is 0.289 e. The lowest BCUT2D eigenvalue weighted by Crippen LogP contribution is -2.21. The van der Waals surface area contributed by atoms with Gasteiger partial charge >= 0.3 is 0 Å². The average molecular weight is 219 g/mol. The number of hydrogen-bond acceptors (Lipinski definition) is 3. The van der Waals surface area contributed by atoms with Crippen molar-refractivity contribution in [2.24, 2.45) is 0 Å². The van der Waals surface area contributed by atoms with Crippen molar-refractivity contribution < 1.29 is 9.59 Å². The quantitative estimate of drug-likeness (QED) is 0.605. The highest BCUT2D eigenvalue weighted by molar-refractivity contribution is 7.98. The predicted molar refractivity (Wildman–Crippen MR) is 59.3 cm³/mol. The highest BCUT2D eigenvalue weighted by Gasteiger charge is 2.23. The van der Waals surface area contributed by atoms with Gasteiger partial charge in [0.05, 0.1) is 5.57 Å². The van der Waals surface area contributed by atoms with E-state index in [1.807, 2.05) is 30.5 Å². The predicted octanol–water partition coefficient (Wildman–Crippen LogP) is 1.45. The van der Waals surface area contributed by atoms with Crippen LogP contribution in [0.15, 0.2) is 35.2 Å². The molecule has 0 saturated carbocycles. The van der Waals surface area contributed by atoms with Crippen molar-refractivity contribution in [3.63, 3.8) is 0 Å². The number of carbonyl (C=O) groups is 2. The summed E-state index contributed by atoms with van der Waals surface area (Å²) >= 11 is 1.55. The third-order valence-electron chi connectivity index (χ3n) is 2.15. The summed E-state index contributed by atoms with van der Waals surface area (Å²) in [5.74, 6) is -0.660. The second-order valence-corrected chi connectivity index (χ2v) is 3.92. The maximum Gasteiger partial charge on any atom is 0.258 e. The molecule has 1 N–H and O–H groups in total. The van der Waals surface area contributed by atoms with Gasteiger partial charge in [-0.25, -0.2) is 0 Å². The maximum absolute atomic E-state index is 11.4. The lowest BCUT2D eigenvalue weighted by atomic mass is 10.1. The molecule has 1 aliphatic rings. The third-order valence-corrected chi connectivity index (χ3v) is 2.95. The van der Waals surface area contributed by atoms with Gasteiger partial charge in [-0.05, 0) is 12.3 Å². The summed E-state index contributed by atoms with van der Waals surface area (Å²) in [6, 6.07) is 7.53. The summed E-state index contributed by atoms with van der Waals surface area (Å²) in [6.07, 6.45) is 3.28. The lowest BCUT2D eigenvalue weighted by Gasteiger charge is -2.05. The van der Waals surface area contributed by atoms with E-state index in [9.17, 15) is 9.59 Å². The molecule has 1 aromatic rings. The van der Waals surface area contributed by atoms with Crippen molar-refractivity contribution in [2.45, 2.75) is 4.90 Å². The third kappa shape index (κ3) is 1.80. The molecule has 76 valence electrons. The number of carbonyl (C=O) groups excluding carboxylic acids is 2. The highest BCUT2D eigenvalue weighted by Crippen LogP contribution is 2.27. The summed E-state index contributed by atoms with van der Waals surface area (Å²) in [5.41, 5.74) is 1.26. The van der Waals surface area contributed by atoms with Crippen LogP contribution in [0, 0.1) is 0 Å². The zero-order valence-corrected chi connectivity index (χ0v) is 8.93. The molecule has 1 aliphatic heterocycles. The van der Waals surface area contributed by atoms with Gasteiger partial charge in [0.25, 0.3) is 11.8 Å². The Kier molecular flexibility index (Phi) is 2.60. The van der Waals surface area contributed by atoms with E-state index in [-0.39, 0.29) is 11.8 Å². The Morgan fingerprint density at radius 1 is 1.20 bits per heavy atom. The molecule has 0 unspecified atom stereocenters. The molecule has 0 aliphatic carbocycles. The lowest BCUT2D eigenvalue weighted by molar-refractivity contribution is -0.123. The van der Waals surface area contributed by atoms with Crippen LogP contribution in [0.3, 0.4) is 0 Å². The fraction of sp³-hybridized carbons (Fsp3) is 0.0909. The maximum atomic E-state index is 11.4. The second kappa shape index (κ2) is 3.90. The van der Waals surface area contributed by atoms with E-state index in [1.165, 1.54) is 6.08 Å². The van der Waals surface area contributed by atoms with E-state index >= 15 is 0 Å². The number of imide groups is 1. The molecular formula is C11H9NO2S. The molecule has 0 radical (unpaired) electrons. The molecule has 0 bridgehead atoms. The van der Waals surface area contributed by atoms with Crippen molar-refractivity contribution in [1.29, 1.82) is 0 Å². The van der Waals surface area contributed by atoms with E-state index in [4.69, 9.17) is 0 Å². The number of benzene rings is 1. The summed E-state index contributed by atoms with van der Waals surface area (Å²) in [7, 11) is 0. The number of rotatable bonds is 2. The molecule has 1 heterocycles. The summed E-state index contributed by atoms with van der Waals surface area (Å²) in [4.78, 5) is 23.5. The average Bonchev–Trinajstić information content (AvgIpc) is 2.57. The van der Waals surface area contributed by atoms with Crippen molar-refractivity contribution in [1.82, 2.24) is 5.32 Å². The topological polar surface area (TPSA) is 46.2 Å². The molecule has 0 spiro atoms. The fourth-order valence-electron chi connectivity index (χ4n) is 1.48. The van der Waals surface area contributed by atoms with Crippen LogP contribution in [0.5, 0.6) is 0 Å². The first-order valence-electron chi connectivity index (χ1n) is 4.43. The van der Waals surface area contributed by atoms with Gasteiger partial charge in [-0.2, -0.15) is 0 Å². The number of thioether (sulfide) groups is 1. The Labute approximate surface area is 91.6 Å². The van der Waals surface area contributed by atoms with Gasteiger partial charge in [-0.1, -0.05) is 18.2 Å². The minimum atomic E-state index is -0.342. The number of nitrogens with one attached hydrogen (secondary N) is 1. The van der Waals surface area contributed by atoms with Gasteiger partial charge in [0.15, 0.2) is 0 Å². The smallest absolute Gasteiger partial charge is 0.258 e. The molecule has 2 amide bonds. The normalized spacial score (nSPS) is 15.1. The van der Waals surface area contributed by atoms with Gasteiger partial charge in [-0.15, -0.1) is 11.8 Å². The van der Waals surface area contributed by atoms with Crippen LogP contribution in [-0.4, -0.2) is 18.1 Å². The molecule has 0 saturated heterocycles. The fourth-order valence-corrected chi connectivity index (χ4v) is 2.09. The van der Waals surface area contributed by atoms with E-state index in [2.05, 4.69) is 5.32 Å². The van der Waals surface area contributed by atoms with E-state index in [0.717, 1.165) is 10.5 Å². The Hall–Kier alpha value is -1.55. The highest BCUT2D eigenvalue weighted by atomic mass is 32.2. The number of amides is 2. The monoisotopic (exact) mass is 219 g/mol. The first-order chi connectivity index (χ1) is 7.22. The van der Waals surface area contributed by atoms with Crippen LogP contribution < -0.4 is 5.32 Å². The van der Waals surface area contributed by atoms with E-state index in [0.29, 0.717) is 5.57 Å². The van der Waals surface area contributed by atoms with Gasteiger partial charge in [0.1, 0.15) is 0 Å². The molecule has 3 nitrogen and oxygen atoms in total. The Bertz CT molecular complexity index is 465. The minimum Gasteiger partial charge on any atom is -0.289 e. The molecule has 15 heavy (non-hydrogen) atoms. The van der Waals surface area contributed by atoms with Crippen molar-refractivity contribution in [3.05, 3.63) is 35.9 Å². The van der Waals surface area contributed by atoms with Crippen LogP contribution in [-0.2, 0) is 9.59 Å². The molecular weight excluding hydrogens is 210 g/mol. The SMILES string of the molecule is CSc1ccccc1C1=CC(=O)NC1=O. The summed E-state index contributed by atoms with van der Waals surface area (Å²) < 4.78 is 0. The molecule has 0 atom stereocenters. The van der Waals surface area contributed by atoms with Crippen molar-refractivity contribution >= 4 is 29.1 Å². The van der Waals surface area contributed by atoms with E-state index in [1.54, 1.807) is 11.8 Å².